The van der Waals surface area contributed by atoms with Crippen LogP contribution >= 0.6 is 11.6 Å². The van der Waals surface area contributed by atoms with Crippen LogP contribution in [0, 0.1) is 0 Å². The lowest BCUT2D eigenvalue weighted by molar-refractivity contribution is -0.137. The van der Waals surface area contributed by atoms with Crippen molar-refractivity contribution in [1.82, 2.24) is 14.7 Å². The molecule has 0 unspecified atom stereocenters. The van der Waals surface area contributed by atoms with Crippen molar-refractivity contribution >= 4 is 17.5 Å². The number of benzene rings is 2. The summed E-state index contributed by atoms with van der Waals surface area (Å²) in [4.78, 5) is 14.2. The maximum Gasteiger partial charge on any atom is 0.263 e. The van der Waals surface area contributed by atoms with Gasteiger partial charge in [0.05, 0.1) is 12.7 Å². The lowest BCUT2D eigenvalue weighted by atomic mass is 10.2. The summed E-state index contributed by atoms with van der Waals surface area (Å²) >= 11 is 5.87. The molecule has 2 aromatic carbocycles. The molecular weight excluding hydrogens is 362 g/mol. The van der Waals surface area contributed by atoms with Crippen molar-refractivity contribution in [2.24, 2.45) is 0 Å². The molecule has 0 spiro atoms. The fourth-order valence-electron chi connectivity index (χ4n) is 2.77. The normalized spacial score (nSPS) is 11.8. The monoisotopic (exact) mass is 383 g/mol. The largest absolute Gasteiger partial charge is 0.481 e. The Kier molecular flexibility index (Phi) is 6.14. The first-order valence-corrected chi connectivity index (χ1v) is 9.11. The molecule has 0 aliphatic heterocycles. The average Bonchev–Trinajstić information content (AvgIpc) is 3.10. The Balaban J connectivity index is 1.55. The summed E-state index contributed by atoms with van der Waals surface area (Å²) in [6.45, 7) is 2.92. The number of halogens is 1. The van der Waals surface area contributed by atoms with Crippen LogP contribution in [0.15, 0.2) is 67.0 Å². The standard InChI is InChI=1S/C21H22ClN3O2/c1-16(27-20-10-8-19(22)9-11-20)21(26)24(2)13-18-12-23-25(15-18)14-17-6-4-3-5-7-17/h3-12,15-16H,13-14H2,1-2H3/t16-/m0/s1. The quantitative estimate of drug-likeness (QED) is 0.619. The van der Waals surface area contributed by atoms with Crippen LogP contribution in [0.4, 0.5) is 0 Å². The summed E-state index contributed by atoms with van der Waals surface area (Å²) in [5, 5.41) is 5.01. The van der Waals surface area contributed by atoms with Crippen LogP contribution in [0.1, 0.15) is 18.1 Å². The van der Waals surface area contributed by atoms with Gasteiger partial charge in [0.25, 0.3) is 5.91 Å². The zero-order chi connectivity index (χ0) is 19.2. The lowest BCUT2D eigenvalue weighted by Gasteiger charge is -2.21. The predicted octanol–water partition coefficient (Wildman–Crippen LogP) is 4.01. The number of carbonyl (C=O) groups is 1. The number of ether oxygens (including phenoxy) is 1. The minimum absolute atomic E-state index is 0.0965. The Hall–Kier alpha value is -2.79. The van der Waals surface area contributed by atoms with Gasteiger partial charge in [0.15, 0.2) is 6.10 Å². The minimum Gasteiger partial charge on any atom is -0.481 e. The second-order valence-electron chi connectivity index (χ2n) is 6.44. The molecule has 3 rings (SSSR count). The molecule has 0 bridgehead atoms. The molecule has 0 aliphatic rings. The Labute approximate surface area is 164 Å². The number of carbonyl (C=O) groups excluding carboxylic acids is 1. The van der Waals surface area contributed by atoms with Gasteiger partial charge < -0.3 is 9.64 Å². The summed E-state index contributed by atoms with van der Waals surface area (Å²) in [7, 11) is 1.76. The van der Waals surface area contributed by atoms with Crippen LogP contribution in [0.25, 0.3) is 0 Å². The topological polar surface area (TPSA) is 47.4 Å². The van der Waals surface area contributed by atoms with Crippen LogP contribution < -0.4 is 4.74 Å². The first-order chi connectivity index (χ1) is 13.0. The number of aromatic nitrogens is 2. The average molecular weight is 384 g/mol. The highest BCUT2D eigenvalue weighted by Gasteiger charge is 2.19. The van der Waals surface area contributed by atoms with Crippen LogP contribution in [-0.4, -0.2) is 33.7 Å². The Morgan fingerprint density at radius 1 is 1.15 bits per heavy atom. The van der Waals surface area contributed by atoms with Crippen LogP contribution in [0.2, 0.25) is 5.02 Å². The van der Waals surface area contributed by atoms with E-state index in [0.717, 1.165) is 5.56 Å². The molecule has 140 valence electrons. The van der Waals surface area contributed by atoms with Crippen molar-refractivity contribution in [1.29, 1.82) is 0 Å². The number of amides is 1. The molecule has 0 aliphatic carbocycles. The van der Waals surface area contributed by atoms with Gasteiger partial charge in [-0.15, -0.1) is 0 Å². The minimum atomic E-state index is -0.587. The molecule has 0 radical (unpaired) electrons. The summed E-state index contributed by atoms with van der Waals surface area (Å²) < 4.78 is 7.58. The Morgan fingerprint density at radius 3 is 2.56 bits per heavy atom. The maximum absolute atomic E-state index is 12.6. The first-order valence-electron chi connectivity index (χ1n) is 8.74. The molecule has 0 fully saturated rings. The molecule has 0 saturated heterocycles. The van der Waals surface area contributed by atoms with E-state index in [-0.39, 0.29) is 5.91 Å². The van der Waals surface area contributed by atoms with Crippen molar-refractivity contribution < 1.29 is 9.53 Å². The number of hydrogen-bond acceptors (Lipinski definition) is 3. The smallest absolute Gasteiger partial charge is 0.263 e. The van der Waals surface area contributed by atoms with E-state index >= 15 is 0 Å². The molecule has 1 aromatic heterocycles. The van der Waals surface area contributed by atoms with Crippen molar-refractivity contribution in [2.45, 2.75) is 26.1 Å². The van der Waals surface area contributed by atoms with Crippen molar-refractivity contribution in [2.75, 3.05) is 7.05 Å². The molecule has 27 heavy (non-hydrogen) atoms. The van der Waals surface area contributed by atoms with Gasteiger partial charge in [-0.05, 0) is 36.8 Å². The molecule has 1 amide bonds. The third-order valence-electron chi connectivity index (χ3n) is 4.14. The molecule has 6 heteroatoms. The highest BCUT2D eigenvalue weighted by Crippen LogP contribution is 2.17. The molecule has 0 saturated carbocycles. The molecule has 3 aromatic rings. The van der Waals surface area contributed by atoms with Crippen LogP contribution in [0.3, 0.4) is 0 Å². The van der Waals surface area contributed by atoms with E-state index in [1.807, 2.05) is 29.1 Å². The van der Waals surface area contributed by atoms with Crippen molar-refractivity contribution in [3.05, 3.63) is 83.1 Å². The van der Waals surface area contributed by atoms with E-state index < -0.39 is 6.10 Å². The molecule has 1 heterocycles. The van der Waals surface area contributed by atoms with Crippen molar-refractivity contribution in [3.8, 4) is 5.75 Å². The van der Waals surface area contributed by atoms with Gasteiger partial charge in [-0.25, -0.2) is 0 Å². The van der Waals surface area contributed by atoms with E-state index in [9.17, 15) is 4.79 Å². The zero-order valence-electron chi connectivity index (χ0n) is 15.4. The van der Waals surface area contributed by atoms with Gasteiger partial charge in [0.2, 0.25) is 0 Å². The third kappa shape index (κ3) is 5.34. The highest BCUT2D eigenvalue weighted by atomic mass is 35.5. The number of nitrogens with zero attached hydrogens (tertiary/aromatic N) is 3. The summed E-state index contributed by atoms with van der Waals surface area (Å²) in [6, 6.07) is 17.1. The van der Waals surface area contributed by atoms with Crippen LogP contribution in [-0.2, 0) is 17.9 Å². The van der Waals surface area contributed by atoms with Gasteiger partial charge >= 0.3 is 0 Å². The van der Waals surface area contributed by atoms with E-state index in [1.165, 1.54) is 5.56 Å². The highest BCUT2D eigenvalue weighted by molar-refractivity contribution is 6.30. The Morgan fingerprint density at radius 2 is 1.85 bits per heavy atom. The van der Waals surface area contributed by atoms with Gasteiger partial charge in [-0.2, -0.15) is 5.10 Å². The van der Waals surface area contributed by atoms with Gasteiger partial charge in [0.1, 0.15) is 5.75 Å². The molecular formula is C21H22ClN3O2. The number of rotatable bonds is 7. The summed E-state index contributed by atoms with van der Waals surface area (Å²) in [5.41, 5.74) is 2.15. The number of hydrogen-bond donors (Lipinski definition) is 0. The first kappa shape index (κ1) is 19.0. The van der Waals surface area contributed by atoms with E-state index in [0.29, 0.717) is 23.9 Å². The van der Waals surface area contributed by atoms with E-state index in [2.05, 4.69) is 17.2 Å². The summed E-state index contributed by atoms with van der Waals surface area (Å²) in [6.07, 6.45) is 3.16. The summed E-state index contributed by atoms with van der Waals surface area (Å²) in [5.74, 6) is 0.519. The lowest BCUT2D eigenvalue weighted by Crippen LogP contribution is -2.37. The maximum atomic E-state index is 12.6. The van der Waals surface area contributed by atoms with Crippen LogP contribution in [0.5, 0.6) is 5.75 Å². The molecule has 0 N–H and O–H groups in total. The fraction of sp³-hybridized carbons (Fsp3) is 0.238. The van der Waals surface area contributed by atoms with E-state index in [1.54, 1.807) is 49.3 Å². The Bertz CT molecular complexity index is 878. The van der Waals surface area contributed by atoms with E-state index in [4.69, 9.17) is 16.3 Å². The van der Waals surface area contributed by atoms with Crippen molar-refractivity contribution in [3.63, 3.8) is 0 Å². The van der Waals surface area contributed by atoms with Gasteiger partial charge in [-0.1, -0.05) is 41.9 Å². The van der Waals surface area contributed by atoms with Gasteiger partial charge in [-0.3, -0.25) is 9.48 Å². The second kappa shape index (κ2) is 8.73. The number of likely N-dealkylation sites (N-methyl/N-ethyl adjacent to an activating group) is 1. The SMILES string of the molecule is C[C@H](Oc1ccc(Cl)cc1)C(=O)N(C)Cc1cnn(Cc2ccccc2)c1. The second-order valence-corrected chi connectivity index (χ2v) is 6.88. The molecule has 5 nitrogen and oxygen atoms in total. The van der Waals surface area contributed by atoms with Gasteiger partial charge in [0, 0.05) is 30.4 Å². The fourth-order valence-corrected chi connectivity index (χ4v) is 2.90. The third-order valence-corrected chi connectivity index (χ3v) is 4.40. The predicted molar refractivity (Wildman–Crippen MR) is 106 cm³/mol. The zero-order valence-corrected chi connectivity index (χ0v) is 16.1. The molecule has 1 atom stereocenters.